The Morgan fingerprint density at radius 3 is 2.69 bits per heavy atom. The van der Waals surface area contributed by atoms with Crippen LogP contribution < -0.4 is 5.73 Å². The van der Waals surface area contributed by atoms with E-state index in [0.29, 0.717) is 0 Å². The molecule has 0 amide bonds. The zero-order valence-electron chi connectivity index (χ0n) is 6.96. The predicted octanol–water partition coefficient (Wildman–Crippen LogP) is 2.23. The van der Waals surface area contributed by atoms with E-state index < -0.39 is 0 Å². The molecule has 0 radical (unpaired) electrons. The number of hydrogen-bond acceptors (Lipinski definition) is 1. The standard InChI is InChI=1S/C10H9N3/c11-8-5-9-6(1-3-12-9)7-2-4-13-10(7)8/h1-5,12-13H,11H2. The van der Waals surface area contributed by atoms with E-state index >= 15 is 0 Å². The molecule has 0 aliphatic heterocycles. The van der Waals surface area contributed by atoms with E-state index in [1.54, 1.807) is 0 Å². The van der Waals surface area contributed by atoms with Crippen molar-refractivity contribution >= 4 is 27.5 Å². The number of aromatic amines is 2. The third-order valence-corrected chi connectivity index (χ3v) is 2.40. The highest BCUT2D eigenvalue weighted by atomic mass is 14.7. The topological polar surface area (TPSA) is 57.6 Å². The summed E-state index contributed by atoms with van der Waals surface area (Å²) in [6, 6.07) is 6.06. The van der Waals surface area contributed by atoms with Crippen molar-refractivity contribution in [1.82, 2.24) is 9.97 Å². The van der Waals surface area contributed by atoms with Crippen molar-refractivity contribution in [3.63, 3.8) is 0 Å². The molecular weight excluding hydrogens is 162 g/mol. The van der Waals surface area contributed by atoms with Crippen LogP contribution in [0.25, 0.3) is 21.8 Å². The number of rotatable bonds is 0. The number of anilines is 1. The highest BCUT2D eigenvalue weighted by Gasteiger charge is 2.04. The van der Waals surface area contributed by atoms with Gasteiger partial charge in [-0.1, -0.05) is 0 Å². The molecule has 13 heavy (non-hydrogen) atoms. The Balaban J connectivity index is 2.70. The summed E-state index contributed by atoms with van der Waals surface area (Å²) in [6.45, 7) is 0. The molecule has 0 bridgehead atoms. The second-order valence-corrected chi connectivity index (χ2v) is 3.17. The van der Waals surface area contributed by atoms with E-state index in [0.717, 1.165) is 16.7 Å². The molecule has 3 nitrogen and oxygen atoms in total. The van der Waals surface area contributed by atoms with Crippen molar-refractivity contribution in [3.8, 4) is 0 Å². The van der Waals surface area contributed by atoms with Crippen molar-refractivity contribution < 1.29 is 0 Å². The molecule has 0 atom stereocenters. The van der Waals surface area contributed by atoms with Crippen LogP contribution >= 0.6 is 0 Å². The lowest BCUT2D eigenvalue weighted by atomic mass is 10.1. The summed E-state index contributed by atoms with van der Waals surface area (Å²) in [4.78, 5) is 6.28. The van der Waals surface area contributed by atoms with Crippen molar-refractivity contribution in [2.45, 2.75) is 0 Å². The Morgan fingerprint density at radius 2 is 1.77 bits per heavy atom. The van der Waals surface area contributed by atoms with Crippen molar-refractivity contribution in [1.29, 1.82) is 0 Å². The van der Waals surface area contributed by atoms with Crippen LogP contribution in [0, 0.1) is 0 Å². The summed E-state index contributed by atoms with van der Waals surface area (Å²) in [6.07, 6.45) is 3.84. The molecule has 4 N–H and O–H groups in total. The van der Waals surface area contributed by atoms with E-state index in [2.05, 4.69) is 16.0 Å². The first-order chi connectivity index (χ1) is 6.36. The maximum Gasteiger partial charge on any atom is 0.0695 e. The summed E-state index contributed by atoms with van der Waals surface area (Å²) in [5, 5.41) is 2.39. The Labute approximate surface area is 74.6 Å². The number of nitrogens with one attached hydrogen (secondary N) is 2. The smallest absolute Gasteiger partial charge is 0.0695 e. The fourth-order valence-electron chi connectivity index (χ4n) is 1.80. The SMILES string of the molecule is Nc1cc2[nH]ccc2c2cc[nH]c12. The summed E-state index contributed by atoms with van der Waals surface area (Å²) in [5.41, 5.74) is 8.77. The molecule has 0 unspecified atom stereocenters. The van der Waals surface area contributed by atoms with Crippen molar-refractivity contribution in [3.05, 3.63) is 30.6 Å². The minimum atomic E-state index is 0.787. The molecule has 0 spiro atoms. The van der Waals surface area contributed by atoms with Gasteiger partial charge in [0.05, 0.1) is 11.2 Å². The minimum absolute atomic E-state index is 0.787. The average molecular weight is 171 g/mol. The largest absolute Gasteiger partial charge is 0.397 e. The predicted molar refractivity (Wildman–Crippen MR) is 54.6 cm³/mol. The normalized spacial score (nSPS) is 11.4. The van der Waals surface area contributed by atoms with Gasteiger partial charge in [-0.05, 0) is 18.2 Å². The zero-order chi connectivity index (χ0) is 8.84. The van der Waals surface area contributed by atoms with Gasteiger partial charge in [-0.3, -0.25) is 0 Å². The summed E-state index contributed by atoms with van der Waals surface area (Å²) >= 11 is 0. The first kappa shape index (κ1) is 6.60. The molecule has 1 aromatic carbocycles. The van der Waals surface area contributed by atoms with Crippen LogP contribution in [0.3, 0.4) is 0 Å². The molecule has 0 fully saturated rings. The third-order valence-electron chi connectivity index (χ3n) is 2.40. The molecule has 3 aromatic rings. The van der Waals surface area contributed by atoms with Crippen LogP contribution in [-0.4, -0.2) is 9.97 Å². The van der Waals surface area contributed by atoms with Gasteiger partial charge >= 0.3 is 0 Å². The molecule has 0 saturated heterocycles. The van der Waals surface area contributed by atoms with Crippen LogP contribution in [0.4, 0.5) is 5.69 Å². The summed E-state index contributed by atoms with van der Waals surface area (Å²) in [5.74, 6) is 0. The Hall–Kier alpha value is -1.90. The van der Waals surface area contributed by atoms with E-state index in [-0.39, 0.29) is 0 Å². The fourth-order valence-corrected chi connectivity index (χ4v) is 1.80. The van der Waals surface area contributed by atoms with Gasteiger partial charge in [-0.2, -0.15) is 0 Å². The average Bonchev–Trinajstić information content (AvgIpc) is 2.66. The number of nitrogen functional groups attached to an aromatic ring is 1. The van der Waals surface area contributed by atoms with E-state index in [9.17, 15) is 0 Å². The van der Waals surface area contributed by atoms with Gasteiger partial charge in [0.2, 0.25) is 0 Å². The second kappa shape index (κ2) is 2.07. The lowest BCUT2D eigenvalue weighted by Crippen LogP contribution is -1.86. The van der Waals surface area contributed by atoms with Gasteiger partial charge in [0.1, 0.15) is 0 Å². The first-order valence-electron chi connectivity index (χ1n) is 4.19. The fraction of sp³-hybridized carbons (Fsp3) is 0. The van der Waals surface area contributed by atoms with E-state index in [1.165, 1.54) is 10.8 Å². The van der Waals surface area contributed by atoms with Crippen LogP contribution in [0.2, 0.25) is 0 Å². The van der Waals surface area contributed by atoms with Gasteiger partial charge in [-0.15, -0.1) is 0 Å². The second-order valence-electron chi connectivity index (χ2n) is 3.17. The number of fused-ring (bicyclic) bond motifs is 3. The third kappa shape index (κ3) is 0.731. The maximum atomic E-state index is 5.87. The Morgan fingerprint density at radius 1 is 1.00 bits per heavy atom. The van der Waals surface area contributed by atoms with E-state index in [1.807, 2.05) is 24.5 Å². The van der Waals surface area contributed by atoms with Gasteiger partial charge in [0.15, 0.2) is 0 Å². The summed E-state index contributed by atoms with van der Waals surface area (Å²) < 4.78 is 0. The Kier molecular flexibility index (Phi) is 1.05. The molecular formula is C10H9N3. The van der Waals surface area contributed by atoms with Crippen LogP contribution in [-0.2, 0) is 0 Å². The zero-order valence-corrected chi connectivity index (χ0v) is 6.96. The molecule has 3 rings (SSSR count). The number of aromatic nitrogens is 2. The Bertz CT molecular complexity index is 574. The summed E-state index contributed by atoms with van der Waals surface area (Å²) in [7, 11) is 0. The number of nitrogens with two attached hydrogens (primary N) is 1. The van der Waals surface area contributed by atoms with Crippen molar-refractivity contribution in [2.75, 3.05) is 5.73 Å². The van der Waals surface area contributed by atoms with Gasteiger partial charge in [0.25, 0.3) is 0 Å². The quantitative estimate of drug-likeness (QED) is 0.446. The molecule has 0 saturated carbocycles. The molecule has 64 valence electrons. The van der Waals surface area contributed by atoms with Gasteiger partial charge < -0.3 is 15.7 Å². The highest BCUT2D eigenvalue weighted by molar-refractivity contribution is 6.10. The number of benzene rings is 1. The first-order valence-corrected chi connectivity index (χ1v) is 4.19. The molecule has 3 heteroatoms. The van der Waals surface area contributed by atoms with Crippen molar-refractivity contribution in [2.24, 2.45) is 0 Å². The number of hydrogen-bond donors (Lipinski definition) is 3. The molecule has 0 aliphatic carbocycles. The van der Waals surface area contributed by atoms with Gasteiger partial charge in [-0.25, -0.2) is 0 Å². The maximum absolute atomic E-state index is 5.87. The highest BCUT2D eigenvalue weighted by Crippen LogP contribution is 2.28. The molecule has 0 aliphatic rings. The minimum Gasteiger partial charge on any atom is -0.397 e. The van der Waals surface area contributed by atoms with E-state index in [4.69, 9.17) is 5.73 Å². The van der Waals surface area contributed by atoms with Gasteiger partial charge in [0, 0.05) is 28.7 Å². The monoisotopic (exact) mass is 171 g/mol. The van der Waals surface area contributed by atoms with Crippen LogP contribution in [0.15, 0.2) is 30.6 Å². The molecule has 2 aromatic heterocycles. The van der Waals surface area contributed by atoms with Crippen LogP contribution in [0.5, 0.6) is 0 Å². The lowest BCUT2D eigenvalue weighted by Gasteiger charge is -1.97. The molecule has 2 heterocycles. The van der Waals surface area contributed by atoms with Crippen LogP contribution in [0.1, 0.15) is 0 Å². The number of H-pyrrole nitrogens is 2. The lowest BCUT2D eigenvalue weighted by molar-refractivity contribution is 1.46.